The average Bonchev–Trinajstić information content (AvgIpc) is 2.42. The van der Waals surface area contributed by atoms with Crippen molar-refractivity contribution >= 4 is 43.9 Å². The van der Waals surface area contributed by atoms with Crippen molar-refractivity contribution in [2.45, 2.75) is 6.92 Å². The van der Waals surface area contributed by atoms with E-state index in [2.05, 4.69) is 26.2 Å². The number of halogens is 1. The van der Waals surface area contributed by atoms with Crippen molar-refractivity contribution in [2.24, 2.45) is 0 Å². The summed E-state index contributed by atoms with van der Waals surface area (Å²) in [6.45, 7) is 1.99. The number of aryl methyl sites for hydroxylation is 1. The summed E-state index contributed by atoms with van der Waals surface area (Å²) in [4.78, 5) is 4.53. The number of hydrogen-bond acceptors (Lipinski definition) is 3. The van der Waals surface area contributed by atoms with Crippen LogP contribution >= 0.6 is 15.9 Å². The van der Waals surface area contributed by atoms with Crippen LogP contribution in [0.5, 0.6) is 0 Å². The molecule has 3 N–H and O–H groups in total. The Labute approximate surface area is 126 Å². The number of nitrogens with two attached hydrogens (primary N) is 1. The molecular formula is C16H14BrN3. The largest absolute Gasteiger partial charge is 0.399 e. The molecule has 1 aromatic heterocycles. The number of hydrogen-bond donors (Lipinski definition) is 2. The molecule has 0 unspecified atom stereocenters. The molecule has 0 bridgehead atoms. The zero-order valence-electron chi connectivity index (χ0n) is 11.0. The van der Waals surface area contributed by atoms with Crippen LogP contribution in [0.25, 0.3) is 10.9 Å². The van der Waals surface area contributed by atoms with Crippen molar-refractivity contribution in [2.75, 3.05) is 11.1 Å². The number of pyridine rings is 1. The fourth-order valence-electron chi connectivity index (χ4n) is 2.17. The van der Waals surface area contributed by atoms with Gasteiger partial charge in [0.25, 0.3) is 0 Å². The normalized spacial score (nSPS) is 10.7. The lowest BCUT2D eigenvalue weighted by Gasteiger charge is -2.11. The van der Waals surface area contributed by atoms with Gasteiger partial charge in [0.15, 0.2) is 0 Å². The second-order valence-corrected chi connectivity index (χ2v) is 5.64. The second-order valence-electron chi connectivity index (χ2n) is 4.72. The first-order valence-electron chi connectivity index (χ1n) is 6.31. The Morgan fingerprint density at radius 1 is 1.05 bits per heavy atom. The van der Waals surface area contributed by atoms with Crippen LogP contribution in [0.15, 0.2) is 53.0 Å². The van der Waals surface area contributed by atoms with Crippen LogP contribution in [-0.2, 0) is 0 Å². The van der Waals surface area contributed by atoms with Gasteiger partial charge in [0.1, 0.15) is 0 Å². The zero-order valence-corrected chi connectivity index (χ0v) is 12.6. The molecule has 20 heavy (non-hydrogen) atoms. The van der Waals surface area contributed by atoms with E-state index in [4.69, 9.17) is 5.73 Å². The topological polar surface area (TPSA) is 50.9 Å². The van der Waals surface area contributed by atoms with E-state index in [0.29, 0.717) is 0 Å². The van der Waals surface area contributed by atoms with Crippen molar-refractivity contribution in [3.05, 3.63) is 58.7 Å². The molecular weight excluding hydrogens is 314 g/mol. The molecule has 0 radical (unpaired) electrons. The predicted molar refractivity (Wildman–Crippen MR) is 88.3 cm³/mol. The van der Waals surface area contributed by atoms with Gasteiger partial charge in [-0.15, -0.1) is 0 Å². The summed E-state index contributed by atoms with van der Waals surface area (Å²) < 4.78 is 1.06. The van der Waals surface area contributed by atoms with Gasteiger partial charge in [-0.05, 0) is 55.5 Å². The third-order valence-corrected chi connectivity index (χ3v) is 3.61. The zero-order chi connectivity index (χ0) is 14.1. The minimum Gasteiger partial charge on any atom is -0.399 e. The second kappa shape index (κ2) is 5.13. The lowest BCUT2D eigenvalue weighted by Crippen LogP contribution is -1.95. The predicted octanol–water partition coefficient (Wildman–Crippen LogP) is 4.63. The van der Waals surface area contributed by atoms with Crippen molar-refractivity contribution < 1.29 is 0 Å². The van der Waals surface area contributed by atoms with Crippen molar-refractivity contribution in [3.63, 3.8) is 0 Å². The molecule has 0 spiro atoms. The molecule has 0 atom stereocenters. The highest BCUT2D eigenvalue weighted by Gasteiger charge is 2.05. The van der Waals surface area contributed by atoms with Gasteiger partial charge in [-0.1, -0.05) is 15.9 Å². The first-order valence-corrected chi connectivity index (χ1v) is 7.10. The Hall–Kier alpha value is -2.07. The maximum atomic E-state index is 5.88. The van der Waals surface area contributed by atoms with Gasteiger partial charge in [-0.3, -0.25) is 4.98 Å². The molecule has 0 amide bonds. The van der Waals surface area contributed by atoms with E-state index in [1.807, 2.05) is 55.5 Å². The number of nitrogens with one attached hydrogen (secondary N) is 1. The van der Waals surface area contributed by atoms with Crippen LogP contribution in [0.3, 0.4) is 0 Å². The Kier molecular flexibility index (Phi) is 3.32. The molecule has 100 valence electrons. The van der Waals surface area contributed by atoms with Gasteiger partial charge in [0.2, 0.25) is 0 Å². The number of nitrogens with zero attached hydrogens (tertiary/aromatic N) is 1. The SMILES string of the molecule is Cc1cc(Nc2ccc(Br)cc2)c2cc(N)ccc2n1. The number of anilines is 3. The van der Waals surface area contributed by atoms with Crippen LogP contribution < -0.4 is 11.1 Å². The van der Waals surface area contributed by atoms with E-state index in [0.717, 1.165) is 38.1 Å². The molecule has 0 aliphatic heterocycles. The van der Waals surface area contributed by atoms with Gasteiger partial charge in [0, 0.05) is 32.6 Å². The highest BCUT2D eigenvalue weighted by atomic mass is 79.9. The Balaban J connectivity index is 2.10. The molecule has 4 heteroatoms. The van der Waals surface area contributed by atoms with Gasteiger partial charge in [-0.25, -0.2) is 0 Å². The molecule has 3 aromatic rings. The van der Waals surface area contributed by atoms with Gasteiger partial charge in [0.05, 0.1) is 5.52 Å². The van der Waals surface area contributed by atoms with E-state index in [1.165, 1.54) is 0 Å². The summed E-state index contributed by atoms with van der Waals surface area (Å²) in [5, 5.41) is 4.45. The fourth-order valence-corrected chi connectivity index (χ4v) is 2.43. The first-order chi connectivity index (χ1) is 9.61. The van der Waals surface area contributed by atoms with E-state index in [1.54, 1.807) is 0 Å². The third-order valence-electron chi connectivity index (χ3n) is 3.08. The Morgan fingerprint density at radius 3 is 2.55 bits per heavy atom. The molecule has 3 nitrogen and oxygen atoms in total. The molecule has 1 heterocycles. The summed E-state index contributed by atoms with van der Waals surface area (Å²) in [7, 11) is 0. The minimum absolute atomic E-state index is 0.738. The van der Waals surface area contributed by atoms with E-state index in [9.17, 15) is 0 Å². The van der Waals surface area contributed by atoms with Crippen LogP contribution in [-0.4, -0.2) is 4.98 Å². The standard InChI is InChI=1S/C16H14BrN3/c1-10-8-16(20-13-5-2-11(17)3-6-13)14-9-12(18)4-7-15(14)19-10/h2-9H,18H2,1H3,(H,19,20). The molecule has 3 rings (SSSR count). The summed E-state index contributed by atoms with van der Waals surface area (Å²) in [5.74, 6) is 0. The van der Waals surface area contributed by atoms with Gasteiger partial charge in [-0.2, -0.15) is 0 Å². The number of benzene rings is 2. The van der Waals surface area contributed by atoms with E-state index < -0.39 is 0 Å². The highest BCUT2D eigenvalue weighted by molar-refractivity contribution is 9.10. The first kappa shape index (κ1) is 12.9. The molecule has 0 saturated heterocycles. The maximum absolute atomic E-state index is 5.88. The average molecular weight is 328 g/mol. The van der Waals surface area contributed by atoms with Crippen LogP contribution in [0, 0.1) is 6.92 Å². The van der Waals surface area contributed by atoms with Gasteiger partial charge < -0.3 is 11.1 Å². The lowest BCUT2D eigenvalue weighted by atomic mass is 10.1. The van der Waals surface area contributed by atoms with Gasteiger partial charge >= 0.3 is 0 Å². The highest BCUT2D eigenvalue weighted by Crippen LogP contribution is 2.28. The summed E-state index contributed by atoms with van der Waals surface area (Å²) in [6.07, 6.45) is 0. The van der Waals surface area contributed by atoms with E-state index in [-0.39, 0.29) is 0 Å². The van der Waals surface area contributed by atoms with Crippen molar-refractivity contribution in [3.8, 4) is 0 Å². The lowest BCUT2D eigenvalue weighted by molar-refractivity contribution is 1.25. The Bertz CT molecular complexity index is 767. The number of nitrogen functional groups attached to an aromatic ring is 1. The van der Waals surface area contributed by atoms with Crippen LogP contribution in [0.2, 0.25) is 0 Å². The number of fused-ring (bicyclic) bond motifs is 1. The van der Waals surface area contributed by atoms with Crippen molar-refractivity contribution in [1.29, 1.82) is 0 Å². The minimum atomic E-state index is 0.738. The quantitative estimate of drug-likeness (QED) is 0.674. The summed E-state index contributed by atoms with van der Waals surface area (Å²) in [5.41, 5.74) is 10.6. The van der Waals surface area contributed by atoms with Crippen molar-refractivity contribution in [1.82, 2.24) is 4.98 Å². The summed E-state index contributed by atoms with van der Waals surface area (Å²) >= 11 is 3.44. The summed E-state index contributed by atoms with van der Waals surface area (Å²) in [6, 6.07) is 15.9. The molecule has 0 saturated carbocycles. The maximum Gasteiger partial charge on any atom is 0.0727 e. The molecule has 0 fully saturated rings. The molecule has 0 aliphatic carbocycles. The third kappa shape index (κ3) is 2.60. The monoisotopic (exact) mass is 327 g/mol. The fraction of sp³-hybridized carbons (Fsp3) is 0.0625. The van der Waals surface area contributed by atoms with E-state index >= 15 is 0 Å². The Morgan fingerprint density at radius 2 is 1.80 bits per heavy atom. The smallest absolute Gasteiger partial charge is 0.0727 e. The van der Waals surface area contributed by atoms with Crippen LogP contribution in [0.1, 0.15) is 5.69 Å². The molecule has 2 aromatic carbocycles. The number of aromatic nitrogens is 1. The van der Waals surface area contributed by atoms with Crippen LogP contribution in [0.4, 0.5) is 17.1 Å². The molecule has 0 aliphatic rings. The number of rotatable bonds is 2.